The molecule has 3 N–H and O–H groups in total. The maximum absolute atomic E-state index is 12.3. The van der Waals surface area contributed by atoms with Gasteiger partial charge in [-0.2, -0.15) is 5.10 Å². The highest BCUT2D eigenvalue weighted by atomic mass is 32.1. The van der Waals surface area contributed by atoms with E-state index in [2.05, 4.69) is 35.9 Å². The van der Waals surface area contributed by atoms with Crippen molar-refractivity contribution >= 4 is 39.3 Å². The topological polar surface area (TPSA) is 133 Å². The Kier molecular flexibility index (Phi) is 5.80. The van der Waals surface area contributed by atoms with Crippen molar-refractivity contribution in [1.29, 1.82) is 0 Å². The van der Waals surface area contributed by atoms with Gasteiger partial charge in [-0.25, -0.2) is 4.79 Å². The van der Waals surface area contributed by atoms with Gasteiger partial charge >= 0.3 is 5.97 Å². The molecule has 1 atom stereocenters. The molecule has 154 valence electrons. The first-order chi connectivity index (χ1) is 14.6. The predicted molar refractivity (Wildman–Crippen MR) is 112 cm³/mol. The summed E-state index contributed by atoms with van der Waals surface area (Å²) < 4.78 is 0. The molecule has 0 aliphatic carbocycles. The van der Waals surface area contributed by atoms with Gasteiger partial charge in [-0.3, -0.25) is 4.79 Å². The fourth-order valence-corrected chi connectivity index (χ4v) is 3.96. The average Bonchev–Trinajstić information content (AvgIpc) is 3.38. The molecule has 3 aromatic rings. The zero-order valence-electron chi connectivity index (χ0n) is 15.9. The number of carbonyl (C=O) groups is 2. The van der Waals surface area contributed by atoms with Crippen molar-refractivity contribution in [1.82, 2.24) is 20.4 Å². The van der Waals surface area contributed by atoms with Crippen LogP contribution in [0.2, 0.25) is 0 Å². The van der Waals surface area contributed by atoms with Crippen LogP contribution < -0.4 is 15.5 Å². The van der Waals surface area contributed by atoms with Crippen LogP contribution in [0.1, 0.15) is 22.3 Å². The highest BCUT2D eigenvalue weighted by Gasteiger charge is 2.24. The number of aromatic carboxylic acids is 1. The molecule has 4 rings (SSSR count). The van der Waals surface area contributed by atoms with E-state index in [1.54, 1.807) is 18.3 Å². The van der Waals surface area contributed by atoms with E-state index in [0.717, 1.165) is 25.3 Å². The lowest BCUT2D eigenvalue weighted by atomic mass is 10.1. The zero-order chi connectivity index (χ0) is 20.9. The van der Waals surface area contributed by atoms with Crippen molar-refractivity contribution < 1.29 is 14.7 Å². The summed E-state index contributed by atoms with van der Waals surface area (Å²) in [6, 6.07) is 10.3. The molecule has 0 unspecified atom stereocenters. The molecule has 1 aliphatic heterocycles. The summed E-state index contributed by atoms with van der Waals surface area (Å²) >= 11 is 1.26. The number of carboxylic acids is 1. The Hall–Kier alpha value is -3.60. The van der Waals surface area contributed by atoms with E-state index in [4.69, 9.17) is 5.11 Å². The van der Waals surface area contributed by atoms with E-state index >= 15 is 0 Å². The SMILES string of the molecule is O=C(Cc1cccc(C(=O)O)c1)Nc1nnc(N[C@@H]2CCN(c3cccnn3)C2)s1. The van der Waals surface area contributed by atoms with Gasteiger partial charge in [-0.15, -0.1) is 15.3 Å². The third-order valence-electron chi connectivity index (χ3n) is 4.61. The van der Waals surface area contributed by atoms with E-state index < -0.39 is 5.97 Å². The maximum atomic E-state index is 12.3. The lowest BCUT2D eigenvalue weighted by Gasteiger charge is -2.16. The van der Waals surface area contributed by atoms with Crippen molar-refractivity contribution in [3.63, 3.8) is 0 Å². The molecule has 30 heavy (non-hydrogen) atoms. The average molecular weight is 425 g/mol. The molecule has 1 fully saturated rings. The van der Waals surface area contributed by atoms with Crippen LogP contribution in [-0.2, 0) is 11.2 Å². The van der Waals surface area contributed by atoms with Gasteiger partial charge in [0.25, 0.3) is 0 Å². The van der Waals surface area contributed by atoms with Gasteiger partial charge < -0.3 is 20.6 Å². The molecule has 3 heterocycles. The Balaban J connectivity index is 1.29. The van der Waals surface area contributed by atoms with Gasteiger partial charge in [-0.05, 0) is 36.2 Å². The van der Waals surface area contributed by atoms with E-state index in [9.17, 15) is 9.59 Å². The molecule has 1 saturated heterocycles. The number of nitrogens with zero attached hydrogens (tertiary/aromatic N) is 5. The van der Waals surface area contributed by atoms with E-state index in [-0.39, 0.29) is 23.9 Å². The highest BCUT2D eigenvalue weighted by molar-refractivity contribution is 7.19. The lowest BCUT2D eigenvalue weighted by Crippen LogP contribution is -2.26. The third kappa shape index (κ3) is 4.87. The Morgan fingerprint density at radius 2 is 2.03 bits per heavy atom. The fraction of sp³-hybridized carbons (Fsp3) is 0.263. The minimum atomic E-state index is -1.03. The Morgan fingerprint density at radius 1 is 1.17 bits per heavy atom. The molecular formula is C19H19N7O3S. The van der Waals surface area contributed by atoms with Gasteiger partial charge in [0.2, 0.25) is 16.2 Å². The summed E-state index contributed by atoms with van der Waals surface area (Å²) in [6.07, 6.45) is 2.63. The van der Waals surface area contributed by atoms with Crippen LogP contribution in [0.25, 0.3) is 0 Å². The van der Waals surface area contributed by atoms with Crippen LogP contribution in [0.3, 0.4) is 0 Å². The highest BCUT2D eigenvalue weighted by Crippen LogP contribution is 2.24. The summed E-state index contributed by atoms with van der Waals surface area (Å²) in [4.78, 5) is 25.5. The van der Waals surface area contributed by atoms with Crippen molar-refractivity contribution in [2.75, 3.05) is 28.6 Å². The Labute approximate surface area is 176 Å². The van der Waals surface area contributed by atoms with Crippen LogP contribution in [0.5, 0.6) is 0 Å². The molecule has 11 heteroatoms. The summed E-state index contributed by atoms with van der Waals surface area (Å²) in [5.41, 5.74) is 0.764. The van der Waals surface area contributed by atoms with Gasteiger partial charge in [0.15, 0.2) is 5.82 Å². The van der Waals surface area contributed by atoms with E-state index in [1.165, 1.54) is 23.5 Å². The number of carboxylic acid groups (broad SMARTS) is 1. The molecule has 0 spiro atoms. The molecular weight excluding hydrogens is 406 g/mol. The second-order valence-corrected chi connectivity index (χ2v) is 7.78. The van der Waals surface area contributed by atoms with Gasteiger partial charge in [-0.1, -0.05) is 23.5 Å². The maximum Gasteiger partial charge on any atom is 0.335 e. The van der Waals surface area contributed by atoms with Gasteiger partial charge in [0, 0.05) is 25.3 Å². The van der Waals surface area contributed by atoms with Gasteiger partial charge in [0.05, 0.1) is 12.0 Å². The number of rotatable bonds is 7. The summed E-state index contributed by atoms with van der Waals surface area (Å²) in [5.74, 6) is -0.462. The number of carbonyl (C=O) groups excluding carboxylic acids is 1. The third-order valence-corrected chi connectivity index (χ3v) is 5.38. The van der Waals surface area contributed by atoms with Gasteiger partial charge in [0.1, 0.15) is 0 Å². The minimum Gasteiger partial charge on any atom is -0.478 e. The van der Waals surface area contributed by atoms with Crippen molar-refractivity contribution in [3.8, 4) is 0 Å². The molecule has 0 radical (unpaired) electrons. The molecule has 1 aromatic carbocycles. The second-order valence-electron chi connectivity index (χ2n) is 6.80. The van der Waals surface area contributed by atoms with Crippen LogP contribution in [0, 0.1) is 0 Å². The number of aromatic nitrogens is 4. The normalized spacial score (nSPS) is 15.7. The minimum absolute atomic E-state index is 0.0547. The molecule has 1 amide bonds. The standard InChI is InChI=1S/C19H19N7O3S/c27-16(10-12-3-1-4-13(9-12)17(28)29)22-19-25-24-18(30-19)21-14-6-8-26(11-14)15-5-2-7-20-23-15/h1-5,7,9,14H,6,8,10-11H2,(H,21,24)(H,28,29)(H,22,25,27)/t14-/m1/s1. The number of benzene rings is 1. The number of nitrogens with one attached hydrogen (secondary N) is 2. The zero-order valence-corrected chi connectivity index (χ0v) is 16.7. The van der Waals surface area contributed by atoms with Crippen molar-refractivity contribution in [3.05, 3.63) is 53.7 Å². The van der Waals surface area contributed by atoms with Crippen molar-refractivity contribution in [2.45, 2.75) is 18.9 Å². The van der Waals surface area contributed by atoms with E-state index in [1.807, 2.05) is 12.1 Å². The number of hydrogen-bond donors (Lipinski definition) is 3. The summed E-state index contributed by atoms with van der Waals surface area (Å²) in [5, 5.41) is 32.3. The number of amides is 1. The summed E-state index contributed by atoms with van der Waals surface area (Å²) in [7, 11) is 0. The lowest BCUT2D eigenvalue weighted by molar-refractivity contribution is -0.115. The molecule has 1 aliphatic rings. The molecule has 0 bridgehead atoms. The fourth-order valence-electron chi connectivity index (χ4n) is 3.22. The predicted octanol–water partition coefficient (Wildman–Crippen LogP) is 1.90. The second kappa shape index (κ2) is 8.82. The number of hydrogen-bond acceptors (Lipinski definition) is 9. The largest absolute Gasteiger partial charge is 0.478 e. The molecule has 0 saturated carbocycles. The quantitative estimate of drug-likeness (QED) is 0.519. The monoisotopic (exact) mass is 425 g/mol. The van der Waals surface area contributed by atoms with Crippen LogP contribution in [0.4, 0.5) is 16.1 Å². The summed E-state index contributed by atoms with van der Waals surface area (Å²) in [6.45, 7) is 1.65. The van der Waals surface area contributed by atoms with Crippen LogP contribution in [0.15, 0.2) is 42.6 Å². The molecule has 2 aromatic heterocycles. The first kappa shape index (κ1) is 19.7. The first-order valence-corrected chi connectivity index (χ1v) is 10.1. The van der Waals surface area contributed by atoms with E-state index in [0.29, 0.717) is 15.8 Å². The Morgan fingerprint density at radius 3 is 2.83 bits per heavy atom. The smallest absolute Gasteiger partial charge is 0.335 e. The Bertz CT molecular complexity index is 1040. The number of anilines is 3. The van der Waals surface area contributed by atoms with Crippen LogP contribution >= 0.6 is 11.3 Å². The first-order valence-electron chi connectivity index (χ1n) is 9.31. The van der Waals surface area contributed by atoms with Crippen LogP contribution in [-0.4, -0.2) is 56.5 Å². The van der Waals surface area contributed by atoms with Crippen molar-refractivity contribution in [2.24, 2.45) is 0 Å². The molecule has 10 nitrogen and oxygen atoms in total.